The molecule has 0 spiro atoms. The highest BCUT2D eigenvalue weighted by Gasteiger charge is 2.34. The van der Waals surface area contributed by atoms with Crippen LogP contribution in [-0.2, 0) is 18.4 Å². The van der Waals surface area contributed by atoms with Gasteiger partial charge in [-0.15, -0.1) is 4.98 Å². The predicted molar refractivity (Wildman–Crippen MR) is 132 cm³/mol. The third kappa shape index (κ3) is 4.37. The van der Waals surface area contributed by atoms with Crippen LogP contribution in [0.3, 0.4) is 0 Å². The molecule has 1 aliphatic rings. The van der Waals surface area contributed by atoms with Crippen molar-refractivity contribution in [1.82, 2.24) is 14.5 Å². The summed E-state index contributed by atoms with van der Waals surface area (Å²) in [6, 6.07) is 14.5. The number of rotatable bonds is 5. The number of hydrogen-bond donors (Lipinski definition) is 0. The molecule has 1 aliphatic heterocycles. The fraction of sp³-hybridized carbons (Fsp3) is 0.423. The van der Waals surface area contributed by atoms with Gasteiger partial charge in [-0.3, -0.25) is 9.69 Å². The molecule has 33 heavy (non-hydrogen) atoms. The van der Waals surface area contributed by atoms with E-state index in [1.165, 1.54) is 11.1 Å². The van der Waals surface area contributed by atoms with E-state index in [9.17, 15) is 4.79 Å². The molecular formula is C26H31N5O2. The second kappa shape index (κ2) is 9.34. The van der Waals surface area contributed by atoms with Crippen molar-refractivity contribution < 1.29 is 4.74 Å². The van der Waals surface area contributed by atoms with Crippen LogP contribution in [0, 0.1) is 6.57 Å². The van der Waals surface area contributed by atoms with Crippen molar-refractivity contribution in [1.29, 1.82) is 0 Å². The molecule has 0 aliphatic carbocycles. The molecule has 7 nitrogen and oxygen atoms in total. The Morgan fingerprint density at radius 3 is 2.55 bits per heavy atom. The van der Waals surface area contributed by atoms with Gasteiger partial charge >= 0.3 is 0 Å². The SMILES string of the molecule is [C-]#[N+]c1ccc2c(n1)c(N1C[C@@H](C)N(C(C)c3ccc(COC)cc3)C[C@@H]1C)cc(=O)n2C. The maximum Gasteiger partial charge on any atom is 0.270 e. The molecule has 0 bridgehead atoms. The van der Waals surface area contributed by atoms with Gasteiger partial charge in [-0.1, -0.05) is 30.8 Å². The number of piperazine rings is 1. The van der Waals surface area contributed by atoms with E-state index in [4.69, 9.17) is 11.3 Å². The first-order valence-corrected chi connectivity index (χ1v) is 11.3. The monoisotopic (exact) mass is 445 g/mol. The minimum Gasteiger partial charge on any atom is -0.380 e. The highest BCUT2D eigenvalue weighted by Crippen LogP contribution is 2.33. The second-order valence-corrected chi connectivity index (χ2v) is 8.97. The first kappa shape index (κ1) is 23.0. The minimum absolute atomic E-state index is 0.0679. The molecule has 172 valence electrons. The van der Waals surface area contributed by atoms with Gasteiger partial charge in [0.1, 0.15) is 0 Å². The quantitative estimate of drug-likeness (QED) is 0.549. The molecule has 1 fully saturated rings. The zero-order valence-electron chi connectivity index (χ0n) is 19.9. The smallest absolute Gasteiger partial charge is 0.270 e. The summed E-state index contributed by atoms with van der Waals surface area (Å²) in [6.07, 6.45) is 0. The molecule has 1 unspecified atom stereocenters. The third-order valence-corrected chi connectivity index (χ3v) is 6.78. The summed E-state index contributed by atoms with van der Waals surface area (Å²) in [5.74, 6) is 0.340. The van der Waals surface area contributed by atoms with Gasteiger partial charge < -0.3 is 19.0 Å². The first-order valence-electron chi connectivity index (χ1n) is 11.3. The third-order valence-electron chi connectivity index (χ3n) is 6.78. The van der Waals surface area contributed by atoms with Crippen molar-refractivity contribution in [3.8, 4) is 0 Å². The summed E-state index contributed by atoms with van der Waals surface area (Å²) < 4.78 is 6.83. The average molecular weight is 446 g/mol. The number of fused-ring (bicyclic) bond motifs is 1. The number of nitrogens with zero attached hydrogens (tertiary/aromatic N) is 5. The lowest BCUT2D eigenvalue weighted by atomic mass is 9.99. The number of ether oxygens (including phenoxy) is 1. The maximum atomic E-state index is 12.7. The molecule has 1 aromatic carbocycles. The van der Waals surface area contributed by atoms with Crippen molar-refractivity contribution in [2.24, 2.45) is 7.05 Å². The zero-order chi connectivity index (χ0) is 23.7. The van der Waals surface area contributed by atoms with Gasteiger partial charge in [-0.05, 0) is 44.0 Å². The molecule has 0 saturated carbocycles. The number of benzene rings is 1. The minimum atomic E-state index is -0.0679. The molecule has 3 heterocycles. The van der Waals surface area contributed by atoms with Gasteiger partial charge in [0.15, 0.2) is 0 Å². The Balaban J connectivity index is 1.63. The van der Waals surface area contributed by atoms with Crippen LogP contribution in [0.2, 0.25) is 0 Å². The van der Waals surface area contributed by atoms with Crippen LogP contribution in [0.4, 0.5) is 11.5 Å². The van der Waals surface area contributed by atoms with Crippen molar-refractivity contribution in [3.63, 3.8) is 0 Å². The lowest BCUT2D eigenvalue weighted by Crippen LogP contribution is -2.57. The van der Waals surface area contributed by atoms with Crippen molar-refractivity contribution in [2.75, 3.05) is 25.1 Å². The van der Waals surface area contributed by atoms with Crippen LogP contribution in [-0.4, -0.2) is 46.7 Å². The maximum absolute atomic E-state index is 12.7. The van der Waals surface area contributed by atoms with Crippen LogP contribution in [0.5, 0.6) is 0 Å². The molecule has 0 radical (unpaired) electrons. The van der Waals surface area contributed by atoms with E-state index in [1.807, 2.05) is 6.07 Å². The Kier molecular flexibility index (Phi) is 6.50. The Hall–Kier alpha value is -3.21. The van der Waals surface area contributed by atoms with Gasteiger partial charge in [-0.25, -0.2) is 0 Å². The Labute approximate surface area is 195 Å². The van der Waals surface area contributed by atoms with Gasteiger partial charge in [0.2, 0.25) is 5.52 Å². The van der Waals surface area contributed by atoms with Crippen LogP contribution in [0.15, 0.2) is 47.3 Å². The Morgan fingerprint density at radius 1 is 1.15 bits per heavy atom. The summed E-state index contributed by atoms with van der Waals surface area (Å²) in [7, 11) is 3.46. The van der Waals surface area contributed by atoms with Crippen molar-refractivity contribution in [2.45, 2.75) is 45.5 Å². The highest BCUT2D eigenvalue weighted by molar-refractivity contribution is 5.89. The predicted octanol–water partition coefficient (Wildman–Crippen LogP) is 4.29. The fourth-order valence-corrected chi connectivity index (χ4v) is 4.86. The summed E-state index contributed by atoms with van der Waals surface area (Å²) in [5.41, 5.74) is 4.65. The summed E-state index contributed by atoms with van der Waals surface area (Å²) >= 11 is 0. The van der Waals surface area contributed by atoms with E-state index in [0.717, 1.165) is 24.3 Å². The first-order chi connectivity index (χ1) is 15.8. The molecule has 1 saturated heterocycles. The van der Waals surface area contributed by atoms with E-state index in [2.05, 4.69) is 64.7 Å². The van der Waals surface area contributed by atoms with E-state index < -0.39 is 0 Å². The van der Waals surface area contributed by atoms with E-state index in [1.54, 1.807) is 30.9 Å². The van der Waals surface area contributed by atoms with Crippen LogP contribution in [0.25, 0.3) is 15.9 Å². The van der Waals surface area contributed by atoms with Gasteiger partial charge in [0.25, 0.3) is 11.4 Å². The number of methoxy groups -OCH3 is 1. The van der Waals surface area contributed by atoms with Gasteiger partial charge in [0, 0.05) is 51.4 Å². The molecule has 2 aromatic heterocycles. The largest absolute Gasteiger partial charge is 0.380 e. The molecule has 7 heteroatoms. The summed E-state index contributed by atoms with van der Waals surface area (Å²) in [6.45, 7) is 16.3. The van der Waals surface area contributed by atoms with E-state index in [-0.39, 0.29) is 23.7 Å². The van der Waals surface area contributed by atoms with Gasteiger partial charge in [-0.2, -0.15) is 0 Å². The van der Waals surface area contributed by atoms with Crippen LogP contribution < -0.4 is 10.5 Å². The number of pyridine rings is 2. The van der Waals surface area contributed by atoms with Crippen LogP contribution in [0.1, 0.15) is 37.9 Å². The average Bonchev–Trinajstić information content (AvgIpc) is 2.82. The Morgan fingerprint density at radius 2 is 1.88 bits per heavy atom. The molecule has 3 aromatic rings. The molecule has 0 N–H and O–H groups in total. The number of anilines is 1. The van der Waals surface area contributed by atoms with Crippen molar-refractivity contribution >= 4 is 22.5 Å². The Bertz CT molecular complexity index is 1240. The van der Waals surface area contributed by atoms with Crippen LogP contribution >= 0.6 is 0 Å². The fourth-order valence-electron chi connectivity index (χ4n) is 4.86. The van der Waals surface area contributed by atoms with E-state index >= 15 is 0 Å². The van der Waals surface area contributed by atoms with Crippen molar-refractivity contribution in [3.05, 3.63) is 75.4 Å². The van der Waals surface area contributed by atoms with E-state index in [0.29, 0.717) is 17.9 Å². The summed E-state index contributed by atoms with van der Waals surface area (Å²) in [4.78, 5) is 25.6. The zero-order valence-corrected chi connectivity index (χ0v) is 19.9. The molecule has 0 amide bonds. The normalized spacial score (nSPS) is 20.1. The highest BCUT2D eigenvalue weighted by atomic mass is 16.5. The van der Waals surface area contributed by atoms with Gasteiger partial charge in [0.05, 0.1) is 17.8 Å². The summed E-state index contributed by atoms with van der Waals surface area (Å²) in [5, 5.41) is 0. The number of aromatic nitrogens is 2. The topological polar surface area (TPSA) is 55.0 Å². The lowest BCUT2D eigenvalue weighted by molar-refractivity contribution is 0.119. The molecule has 3 atom stereocenters. The lowest BCUT2D eigenvalue weighted by Gasteiger charge is -2.47. The second-order valence-electron chi connectivity index (χ2n) is 8.97. The number of hydrogen-bond acceptors (Lipinski definition) is 5. The molecule has 4 rings (SSSR count). The standard InChI is InChI=1S/C26H31N5O2/c1-17-15-31(23-13-25(32)29(5)22-11-12-24(27-4)28-26(22)23)18(2)14-30(17)19(3)21-9-7-20(8-10-21)16-33-6/h7-13,17-19H,14-16H2,1-3,5-6H3/t17-,18+,19?/m1/s1. The molecular weight excluding hydrogens is 414 g/mol. The number of aryl methyl sites for hydroxylation is 1.